The molecule has 0 radical (unpaired) electrons. The molecule has 1 aliphatic heterocycles. The van der Waals surface area contributed by atoms with Crippen LogP contribution in [0.15, 0.2) is 78.0 Å². The summed E-state index contributed by atoms with van der Waals surface area (Å²) in [5.41, 5.74) is 4.89. The average Bonchev–Trinajstić information content (AvgIpc) is 3.44. The van der Waals surface area contributed by atoms with E-state index in [4.69, 9.17) is 16.6 Å². The second-order valence-electron chi connectivity index (χ2n) is 11.2. The zero-order valence-corrected chi connectivity index (χ0v) is 25.5. The summed E-state index contributed by atoms with van der Waals surface area (Å²) in [5.74, 6) is -0.0525. The van der Waals surface area contributed by atoms with Gasteiger partial charge in [0.25, 0.3) is 11.5 Å². The minimum atomic E-state index is -0.666. The van der Waals surface area contributed by atoms with Crippen molar-refractivity contribution in [2.45, 2.75) is 26.0 Å². The molecule has 0 unspecified atom stereocenters. The number of benzene rings is 2. The number of rotatable bonds is 8. The lowest BCUT2D eigenvalue weighted by Gasteiger charge is -2.17. The number of β-amino-alcohol motifs (C(OH)–C–C–N with tert-alkyl or cyclic N) is 1. The Hall–Kier alpha value is -4.90. The van der Waals surface area contributed by atoms with E-state index < -0.39 is 11.5 Å². The van der Waals surface area contributed by atoms with Gasteiger partial charge in [-0.1, -0.05) is 35.9 Å². The molecule has 2 aromatic carbocycles. The van der Waals surface area contributed by atoms with Gasteiger partial charge in [0.15, 0.2) is 12.1 Å². The van der Waals surface area contributed by atoms with Crippen molar-refractivity contribution in [1.82, 2.24) is 19.4 Å². The van der Waals surface area contributed by atoms with Crippen LogP contribution in [0.4, 0.5) is 17.2 Å². The van der Waals surface area contributed by atoms with Crippen molar-refractivity contribution in [3.8, 4) is 11.1 Å². The molecule has 1 saturated heterocycles. The molecule has 45 heavy (non-hydrogen) atoms. The Morgan fingerprint density at radius 1 is 1.11 bits per heavy atom. The predicted molar refractivity (Wildman–Crippen MR) is 175 cm³/mol. The van der Waals surface area contributed by atoms with E-state index in [2.05, 4.69) is 26.6 Å². The number of aldehydes is 1. The summed E-state index contributed by atoms with van der Waals surface area (Å²) >= 11 is 6.84. The van der Waals surface area contributed by atoms with Crippen LogP contribution in [0.2, 0.25) is 5.02 Å². The number of aromatic nitrogens is 3. The first kappa shape index (κ1) is 30.1. The van der Waals surface area contributed by atoms with Gasteiger partial charge in [-0.05, 0) is 60.4 Å². The van der Waals surface area contributed by atoms with Crippen LogP contribution in [0, 0.1) is 6.92 Å². The van der Waals surface area contributed by atoms with Crippen molar-refractivity contribution in [3.63, 3.8) is 0 Å². The van der Waals surface area contributed by atoms with Crippen LogP contribution >= 0.6 is 11.6 Å². The van der Waals surface area contributed by atoms with Gasteiger partial charge in [0.05, 0.1) is 16.8 Å². The number of likely N-dealkylation sites (tertiary alicyclic amines) is 1. The monoisotopic (exact) mass is 622 g/mol. The first-order valence-corrected chi connectivity index (χ1v) is 14.9. The fourth-order valence-electron chi connectivity index (χ4n) is 5.68. The summed E-state index contributed by atoms with van der Waals surface area (Å²) in [5, 5.41) is 17.3. The van der Waals surface area contributed by atoms with Crippen molar-refractivity contribution in [2.24, 2.45) is 7.05 Å². The van der Waals surface area contributed by atoms with E-state index in [1.807, 2.05) is 43.5 Å². The number of fused-ring (bicyclic) bond motifs is 1. The van der Waals surface area contributed by atoms with E-state index in [1.165, 1.54) is 23.9 Å². The third-order valence-electron chi connectivity index (χ3n) is 8.02. The van der Waals surface area contributed by atoms with Crippen LogP contribution < -0.4 is 16.2 Å². The fraction of sp³-hybridized carbons (Fsp3) is 0.206. The van der Waals surface area contributed by atoms with Gasteiger partial charge in [-0.2, -0.15) is 0 Å². The van der Waals surface area contributed by atoms with Crippen LogP contribution in [0.5, 0.6) is 0 Å². The predicted octanol–water partition coefficient (Wildman–Crippen LogP) is 5.33. The van der Waals surface area contributed by atoms with Crippen LogP contribution in [0.1, 0.15) is 38.3 Å². The maximum absolute atomic E-state index is 13.1. The molecule has 3 N–H and O–H groups in total. The van der Waals surface area contributed by atoms with Crippen molar-refractivity contribution in [3.05, 3.63) is 111 Å². The molecule has 1 fully saturated rings. The van der Waals surface area contributed by atoms with Crippen LogP contribution in [-0.4, -0.2) is 55.9 Å². The lowest BCUT2D eigenvalue weighted by Crippen LogP contribution is -2.28. The van der Waals surface area contributed by atoms with E-state index in [9.17, 15) is 19.5 Å². The van der Waals surface area contributed by atoms with Gasteiger partial charge >= 0.3 is 0 Å². The number of aliphatic hydroxyl groups excluding tert-OH is 1. The van der Waals surface area contributed by atoms with Crippen molar-refractivity contribution in [1.29, 1.82) is 0 Å². The molecule has 228 valence electrons. The van der Waals surface area contributed by atoms with E-state index in [0.29, 0.717) is 34.9 Å². The van der Waals surface area contributed by atoms with Crippen molar-refractivity contribution < 1.29 is 14.7 Å². The lowest BCUT2D eigenvalue weighted by molar-refractivity contribution is 0.102. The molecule has 4 heterocycles. The molecule has 5 aromatic rings. The number of hydrogen-bond acceptors (Lipinski definition) is 8. The third kappa shape index (κ3) is 6.21. The zero-order valence-electron chi connectivity index (χ0n) is 24.8. The number of nitrogens with zero attached hydrogens (tertiary/aromatic N) is 4. The van der Waals surface area contributed by atoms with Gasteiger partial charge in [0.2, 0.25) is 0 Å². The zero-order chi connectivity index (χ0) is 31.7. The second-order valence-corrected chi connectivity index (χ2v) is 11.6. The highest BCUT2D eigenvalue weighted by atomic mass is 35.5. The average molecular weight is 623 g/mol. The molecule has 1 amide bonds. The number of anilines is 3. The summed E-state index contributed by atoms with van der Waals surface area (Å²) in [4.78, 5) is 48.5. The molecular weight excluding hydrogens is 592 g/mol. The van der Waals surface area contributed by atoms with E-state index in [-0.39, 0.29) is 17.2 Å². The van der Waals surface area contributed by atoms with Gasteiger partial charge in [-0.3, -0.25) is 24.3 Å². The Bertz CT molecular complexity index is 2010. The number of pyridine rings is 3. The Morgan fingerprint density at radius 3 is 2.64 bits per heavy atom. The van der Waals surface area contributed by atoms with Gasteiger partial charge in [-0.25, -0.2) is 4.98 Å². The second kappa shape index (κ2) is 12.6. The smallest absolute Gasteiger partial charge is 0.263 e. The van der Waals surface area contributed by atoms with Crippen LogP contribution in [-0.2, 0) is 13.6 Å². The maximum Gasteiger partial charge on any atom is 0.263 e. The van der Waals surface area contributed by atoms with Crippen molar-refractivity contribution in [2.75, 3.05) is 23.7 Å². The molecule has 0 saturated carbocycles. The Morgan fingerprint density at radius 2 is 1.89 bits per heavy atom. The summed E-state index contributed by atoms with van der Waals surface area (Å²) in [6.45, 7) is 4.24. The number of aryl methyl sites for hydroxylation is 1. The summed E-state index contributed by atoms with van der Waals surface area (Å²) in [7, 11) is 1.48. The molecule has 0 bridgehead atoms. The fourth-order valence-corrected chi connectivity index (χ4v) is 5.95. The summed E-state index contributed by atoms with van der Waals surface area (Å²) in [6.07, 6.45) is 6.07. The van der Waals surface area contributed by atoms with Gasteiger partial charge in [-0.15, -0.1) is 0 Å². The standard InChI is InChI=1S/C34H31ClN6O4/c1-20-25(26-6-4-8-29(30(26)35)39-33(44)27-14-22(19-42)16-40(2)34(27)45)5-3-7-28(20)38-32-31-23(9-11-36-32)13-21(15-37-31)17-41-12-10-24(43)18-41/h3-9,11,13-16,19,24,43H,10,12,17-18H2,1-2H3,(H,36,38)(H,39,44)/t24-/m1/s1. The summed E-state index contributed by atoms with van der Waals surface area (Å²) < 4.78 is 1.19. The van der Waals surface area contributed by atoms with E-state index >= 15 is 0 Å². The molecular formula is C34H31ClN6O4. The number of aliphatic hydroxyl groups is 1. The minimum absolute atomic E-state index is 0.163. The first-order valence-electron chi connectivity index (χ1n) is 14.5. The topological polar surface area (TPSA) is 129 Å². The SMILES string of the molecule is Cc1c(Nc2nccc3cc(CN4CC[C@@H](O)C4)cnc23)cccc1-c1cccc(NC(=O)c2cc(C=O)cn(C)c2=O)c1Cl. The molecule has 10 nitrogen and oxygen atoms in total. The molecule has 6 rings (SSSR count). The van der Waals surface area contributed by atoms with E-state index in [1.54, 1.807) is 18.3 Å². The Labute approximate surface area is 264 Å². The Kier molecular flexibility index (Phi) is 8.44. The Balaban J connectivity index is 1.27. The normalized spacial score (nSPS) is 14.9. The molecule has 1 aliphatic rings. The molecule has 0 spiro atoms. The maximum atomic E-state index is 13.1. The number of hydrogen-bond donors (Lipinski definition) is 3. The van der Waals surface area contributed by atoms with E-state index in [0.717, 1.165) is 52.8 Å². The highest BCUT2D eigenvalue weighted by molar-refractivity contribution is 6.36. The minimum Gasteiger partial charge on any atom is -0.392 e. The van der Waals surface area contributed by atoms with Crippen molar-refractivity contribution >= 4 is 51.9 Å². The number of carbonyl (C=O) groups is 2. The molecule has 0 aliphatic carbocycles. The molecule has 3 aromatic heterocycles. The number of halogens is 1. The third-order valence-corrected chi connectivity index (χ3v) is 8.43. The molecule has 1 atom stereocenters. The lowest BCUT2D eigenvalue weighted by atomic mass is 9.98. The summed E-state index contributed by atoms with van der Waals surface area (Å²) in [6, 6.07) is 16.4. The highest BCUT2D eigenvalue weighted by Crippen LogP contribution is 2.38. The quantitative estimate of drug-likeness (QED) is 0.198. The molecule has 11 heteroatoms. The van der Waals surface area contributed by atoms with Gasteiger partial charge in [0.1, 0.15) is 11.1 Å². The number of carbonyl (C=O) groups excluding carboxylic acids is 2. The number of amides is 1. The number of nitrogens with one attached hydrogen (secondary N) is 2. The van der Waals surface area contributed by atoms with Crippen LogP contribution in [0.3, 0.4) is 0 Å². The van der Waals surface area contributed by atoms with Crippen LogP contribution in [0.25, 0.3) is 22.0 Å². The largest absolute Gasteiger partial charge is 0.392 e. The highest BCUT2D eigenvalue weighted by Gasteiger charge is 2.21. The van der Waals surface area contributed by atoms with Gasteiger partial charge in [0, 0.05) is 67.5 Å². The van der Waals surface area contributed by atoms with Gasteiger partial charge < -0.3 is 20.3 Å². The first-order chi connectivity index (χ1) is 21.7.